The van der Waals surface area contributed by atoms with E-state index in [0.29, 0.717) is 21.7 Å². The second kappa shape index (κ2) is 6.26. The molecule has 0 radical (unpaired) electrons. The zero-order valence-corrected chi connectivity index (χ0v) is 12.9. The summed E-state index contributed by atoms with van der Waals surface area (Å²) in [5, 5.41) is 0. The normalized spacial score (nSPS) is 11.4. The van der Waals surface area contributed by atoms with Gasteiger partial charge in [-0.05, 0) is 42.7 Å². The van der Waals surface area contributed by atoms with Crippen molar-refractivity contribution in [3.8, 4) is 0 Å². The summed E-state index contributed by atoms with van der Waals surface area (Å²) < 4.78 is 27.6. The molecule has 21 heavy (non-hydrogen) atoms. The molecular weight excluding hydrogens is 286 g/mol. The van der Waals surface area contributed by atoms with Crippen molar-refractivity contribution < 1.29 is 8.42 Å². The molecule has 0 spiro atoms. The number of hydrogen-bond donors (Lipinski definition) is 3. The Morgan fingerprint density at radius 3 is 2.14 bits per heavy atom. The average molecular weight is 305 g/mol. The lowest BCUT2D eigenvalue weighted by molar-refractivity contribution is 0.580. The van der Waals surface area contributed by atoms with Crippen LogP contribution in [-0.2, 0) is 16.6 Å². The Kier molecular flexibility index (Phi) is 4.62. The van der Waals surface area contributed by atoms with Gasteiger partial charge in [-0.2, -0.15) is 0 Å². The van der Waals surface area contributed by atoms with E-state index < -0.39 is 10.0 Å². The van der Waals surface area contributed by atoms with Gasteiger partial charge in [-0.1, -0.05) is 30.3 Å². The smallest absolute Gasteiger partial charge is 0.241 e. The molecule has 0 aliphatic rings. The zero-order valence-electron chi connectivity index (χ0n) is 12.1. The molecule has 0 aliphatic carbocycles. The molecule has 0 heterocycles. The molecule has 0 atom stereocenters. The molecule has 0 fully saturated rings. The lowest BCUT2D eigenvalue weighted by atomic mass is 10.1. The standard InChI is InChI=1S/C15H19N3O2S/c1-11-8-14(18-16)9-12(2)15(11)21(19,20)17-10-13-6-4-3-5-7-13/h3-9,17-18H,10,16H2,1-2H3. The molecule has 0 bridgehead atoms. The minimum Gasteiger partial charge on any atom is -0.324 e. The summed E-state index contributed by atoms with van der Waals surface area (Å²) in [5.74, 6) is 5.37. The van der Waals surface area contributed by atoms with E-state index in [0.717, 1.165) is 5.56 Å². The Balaban J connectivity index is 2.28. The maximum Gasteiger partial charge on any atom is 0.241 e. The molecule has 0 aromatic heterocycles. The van der Waals surface area contributed by atoms with Crippen molar-refractivity contribution in [1.82, 2.24) is 4.72 Å². The molecular formula is C15H19N3O2S. The van der Waals surface area contributed by atoms with Gasteiger partial charge < -0.3 is 5.43 Å². The van der Waals surface area contributed by atoms with Crippen LogP contribution in [0.5, 0.6) is 0 Å². The van der Waals surface area contributed by atoms with Gasteiger partial charge >= 0.3 is 0 Å². The van der Waals surface area contributed by atoms with Crippen molar-refractivity contribution in [2.45, 2.75) is 25.3 Å². The summed E-state index contributed by atoms with van der Waals surface area (Å²) in [6.07, 6.45) is 0. The highest BCUT2D eigenvalue weighted by Crippen LogP contribution is 2.24. The highest BCUT2D eigenvalue weighted by atomic mass is 32.2. The number of hydrazine groups is 1. The van der Waals surface area contributed by atoms with Crippen molar-refractivity contribution in [2.75, 3.05) is 5.43 Å². The third-order valence-corrected chi connectivity index (χ3v) is 4.91. The van der Waals surface area contributed by atoms with Crippen LogP contribution >= 0.6 is 0 Å². The van der Waals surface area contributed by atoms with Crippen molar-refractivity contribution in [2.24, 2.45) is 5.84 Å². The number of aryl methyl sites for hydroxylation is 2. The summed E-state index contributed by atoms with van der Waals surface area (Å²) in [4.78, 5) is 0.303. The van der Waals surface area contributed by atoms with E-state index in [1.54, 1.807) is 26.0 Å². The summed E-state index contributed by atoms with van der Waals surface area (Å²) in [6.45, 7) is 3.77. The topological polar surface area (TPSA) is 84.2 Å². The average Bonchev–Trinajstić information content (AvgIpc) is 2.45. The lowest BCUT2D eigenvalue weighted by Crippen LogP contribution is -2.25. The Morgan fingerprint density at radius 1 is 1.05 bits per heavy atom. The molecule has 0 aliphatic heterocycles. The van der Waals surface area contributed by atoms with Gasteiger partial charge in [0.05, 0.1) is 4.90 Å². The quantitative estimate of drug-likeness (QED) is 0.583. The Labute approximate surface area is 125 Å². The maximum atomic E-state index is 12.5. The van der Waals surface area contributed by atoms with Gasteiger partial charge in [-0.25, -0.2) is 13.1 Å². The van der Waals surface area contributed by atoms with E-state index in [9.17, 15) is 8.42 Å². The van der Waals surface area contributed by atoms with Gasteiger partial charge in [0.15, 0.2) is 0 Å². The number of anilines is 1. The van der Waals surface area contributed by atoms with Crippen molar-refractivity contribution in [1.29, 1.82) is 0 Å². The lowest BCUT2D eigenvalue weighted by Gasteiger charge is -2.14. The summed E-state index contributed by atoms with van der Waals surface area (Å²) in [7, 11) is -3.56. The number of nitrogens with two attached hydrogens (primary N) is 1. The molecule has 4 N–H and O–H groups in total. The minimum atomic E-state index is -3.56. The van der Waals surface area contributed by atoms with E-state index in [1.165, 1.54) is 0 Å². The number of nitrogen functional groups attached to an aromatic ring is 1. The first kappa shape index (κ1) is 15.5. The molecule has 0 amide bonds. The fourth-order valence-corrected chi connectivity index (χ4v) is 3.77. The SMILES string of the molecule is Cc1cc(NN)cc(C)c1S(=O)(=O)NCc1ccccc1. The highest BCUT2D eigenvalue weighted by Gasteiger charge is 2.19. The Bertz CT molecular complexity index is 705. The van der Waals surface area contributed by atoms with Gasteiger partial charge in [0, 0.05) is 12.2 Å². The molecule has 6 heteroatoms. The number of nitrogens with one attached hydrogen (secondary N) is 2. The maximum absolute atomic E-state index is 12.5. The van der Waals surface area contributed by atoms with Crippen molar-refractivity contribution in [3.05, 3.63) is 59.2 Å². The third kappa shape index (κ3) is 3.60. The first-order valence-electron chi connectivity index (χ1n) is 6.55. The third-order valence-electron chi connectivity index (χ3n) is 3.20. The Hall–Kier alpha value is -1.89. The summed E-state index contributed by atoms with van der Waals surface area (Å²) >= 11 is 0. The van der Waals surface area contributed by atoms with E-state index in [2.05, 4.69) is 10.1 Å². The van der Waals surface area contributed by atoms with Crippen LogP contribution < -0.4 is 16.0 Å². The molecule has 5 nitrogen and oxygen atoms in total. The van der Waals surface area contributed by atoms with Crippen LogP contribution in [0.3, 0.4) is 0 Å². The first-order valence-corrected chi connectivity index (χ1v) is 8.04. The van der Waals surface area contributed by atoms with E-state index in [1.807, 2.05) is 30.3 Å². The van der Waals surface area contributed by atoms with Gasteiger partial charge in [0.2, 0.25) is 10.0 Å². The van der Waals surface area contributed by atoms with Crippen LogP contribution in [0.4, 0.5) is 5.69 Å². The van der Waals surface area contributed by atoms with Gasteiger partial charge in [-0.3, -0.25) is 5.84 Å². The minimum absolute atomic E-state index is 0.263. The number of benzene rings is 2. The van der Waals surface area contributed by atoms with Crippen LogP contribution in [0.25, 0.3) is 0 Å². The number of rotatable bonds is 5. The summed E-state index contributed by atoms with van der Waals surface area (Å²) in [5.41, 5.74) is 5.44. The molecule has 0 unspecified atom stereocenters. The van der Waals surface area contributed by atoms with E-state index in [4.69, 9.17) is 5.84 Å². The molecule has 2 aromatic carbocycles. The van der Waals surface area contributed by atoms with Crippen molar-refractivity contribution in [3.63, 3.8) is 0 Å². The number of sulfonamides is 1. The van der Waals surface area contributed by atoms with Crippen LogP contribution in [-0.4, -0.2) is 8.42 Å². The second-order valence-corrected chi connectivity index (χ2v) is 6.60. The largest absolute Gasteiger partial charge is 0.324 e. The van der Waals surface area contributed by atoms with Crippen LogP contribution in [0.2, 0.25) is 0 Å². The molecule has 0 saturated carbocycles. The zero-order chi connectivity index (χ0) is 15.5. The van der Waals surface area contributed by atoms with Gasteiger partial charge in [0.1, 0.15) is 0 Å². The predicted molar refractivity (Wildman–Crippen MR) is 84.2 cm³/mol. The molecule has 2 rings (SSSR count). The molecule has 0 saturated heterocycles. The van der Waals surface area contributed by atoms with E-state index >= 15 is 0 Å². The molecule has 2 aromatic rings. The van der Waals surface area contributed by atoms with Crippen LogP contribution in [0.1, 0.15) is 16.7 Å². The predicted octanol–water partition coefficient (Wildman–Crippen LogP) is 2.07. The first-order chi connectivity index (χ1) is 9.94. The van der Waals surface area contributed by atoms with Gasteiger partial charge in [-0.15, -0.1) is 0 Å². The number of hydrogen-bond acceptors (Lipinski definition) is 4. The summed E-state index contributed by atoms with van der Waals surface area (Å²) in [6, 6.07) is 12.8. The fourth-order valence-electron chi connectivity index (χ4n) is 2.30. The Morgan fingerprint density at radius 2 is 1.62 bits per heavy atom. The van der Waals surface area contributed by atoms with Gasteiger partial charge in [0.25, 0.3) is 0 Å². The van der Waals surface area contributed by atoms with Crippen molar-refractivity contribution >= 4 is 15.7 Å². The second-order valence-electron chi connectivity index (χ2n) is 4.89. The fraction of sp³-hybridized carbons (Fsp3) is 0.200. The van der Waals surface area contributed by atoms with Crippen LogP contribution in [0, 0.1) is 13.8 Å². The monoisotopic (exact) mass is 305 g/mol. The highest BCUT2D eigenvalue weighted by molar-refractivity contribution is 7.89. The van der Waals surface area contributed by atoms with Crippen LogP contribution in [0.15, 0.2) is 47.4 Å². The molecule has 112 valence electrons. The van der Waals surface area contributed by atoms with E-state index in [-0.39, 0.29) is 6.54 Å².